The molecule has 136 valence electrons. The van der Waals surface area contributed by atoms with E-state index >= 15 is 0 Å². The minimum absolute atomic E-state index is 0.0534. The molecule has 0 spiro atoms. The first-order valence-corrected chi connectivity index (χ1v) is 9.99. The minimum Gasteiger partial charge on any atom is -0.480 e. The summed E-state index contributed by atoms with van der Waals surface area (Å²) in [5, 5.41) is 2.91. The number of thiophene rings is 2. The van der Waals surface area contributed by atoms with Crippen molar-refractivity contribution in [3.8, 4) is 5.88 Å². The smallest absolute Gasteiger partial charge is 0.264 e. The van der Waals surface area contributed by atoms with Gasteiger partial charge in [0, 0.05) is 25.1 Å². The highest BCUT2D eigenvalue weighted by molar-refractivity contribution is 7.20. The van der Waals surface area contributed by atoms with Gasteiger partial charge in [-0.15, -0.1) is 22.7 Å². The predicted octanol–water partition coefficient (Wildman–Crippen LogP) is 3.41. The lowest BCUT2D eigenvalue weighted by Crippen LogP contribution is -2.35. The van der Waals surface area contributed by atoms with Crippen LogP contribution in [0.2, 0.25) is 0 Å². The van der Waals surface area contributed by atoms with Gasteiger partial charge < -0.3 is 14.4 Å². The van der Waals surface area contributed by atoms with Gasteiger partial charge in [0.2, 0.25) is 5.88 Å². The number of hydrogen-bond acceptors (Lipinski definition) is 7. The van der Waals surface area contributed by atoms with Crippen molar-refractivity contribution in [1.82, 2.24) is 14.9 Å². The zero-order valence-electron chi connectivity index (χ0n) is 14.9. The highest BCUT2D eigenvalue weighted by atomic mass is 32.1. The Morgan fingerprint density at radius 1 is 1.35 bits per heavy atom. The maximum Gasteiger partial charge on any atom is 0.264 e. The van der Waals surface area contributed by atoms with Crippen LogP contribution >= 0.6 is 22.7 Å². The molecule has 1 aliphatic rings. The molecule has 3 aromatic heterocycles. The van der Waals surface area contributed by atoms with Crippen LogP contribution in [0.4, 0.5) is 0 Å². The largest absolute Gasteiger partial charge is 0.480 e. The van der Waals surface area contributed by atoms with Crippen LogP contribution in [0.5, 0.6) is 5.88 Å². The summed E-state index contributed by atoms with van der Waals surface area (Å²) in [4.78, 5) is 26.9. The highest BCUT2D eigenvalue weighted by Crippen LogP contribution is 2.36. The van der Waals surface area contributed by atoms with Gasteiger partial charge >= 0.3 is 0 Å². The van der Waals surface area contributed by atoms with E-state index in [1.807, 2.05) is 11.8 Å². The summed E-state index contributed by atoms with van der Waals surface area (Å²) in [7, 11) is 3.18. The fraction of sp³-hybridized carbons (Fsp3) is 0.389. The second kappa shape index (κ2) is 6.94. The molecule has 1 aliphatic heterocycles. The summed E-state index contributed by atoms with van der Waals surface area (Å²) >= 11 is 3.17. The first-order valence-electron chi connectivity index (χ1n) is 8.29. The summed E-state index contributed by atoms with van der Waals surface area (Å²) in [6.07, 6.45) is 0.920. The van der Waals surface area contributed by atoms with E-state index in [9.17, 15) is 4.79 Å². The molecule has 0 unspecified atom stereocenters. The number of fused-ring (bicyclic) bond motifs is 2. The molecule has 0 radical (unpaired) electrons. The predicted molar refractivity (Wildman–Crippen MR) is 102 cm³/mol. The Labute approximate surface area is 159 Å². The Balaban J connectivity index is 1.72. The number of nitrogens with zero attached hydrogens (tertiary/aromatic N) is 3. The van der Waals surface area contributed by atoms with Gasteiger partial charge in [0.25, 0.3) is 5.91 Å². The number of hydrogen-bond donors (Lipinski definition) is 0. The molecule has 6 nitrogen and oxygen atoms in total. The van der Waals surface area contributed by atoms with Crippen molar-refractivity contribution < 1.29 is 14.3 Å². The molecule has 3 aromatic rings. The number of amides is 1. The number of aromatic nitrogens is 2. The van der Waals surface area contributed by atoms with E-state index in [4.69, 9.17) is 9.47 Å². The second-order valence-corrected chi connectivity index (χ2v) is 8.16. The fourth-order valence-corrected chi connectivity index (χ4v) is 5.30. The molecule has 0 aliphatic carbocycles. The Hall–Kier alpha value is -2.03. The summed E-state index contributed by atoms with van der Waals surface area (Å²) in [5.41, 5.74) is 2.14. The maximum absolute atomic E-state index is 13.2. The maximum atomic E-state index is 13.2. The molecule has 0 fully saturated rings. The lowest BCUT2D eigenvalue weighted by Gasteiger charge is -2.26. The molecular formula is C18H19N3O3S2. The summed E-state index contributed by atoms with van der Waals surface area (Å²) in [5.74, 6) is 1.10. The molecule has 0 saturated carbocycles. The SMILES string of the molecule is COCc1nc(OC)c2c(C)c(C(=O)N3CCc4sccc4C3)sc2n1. The number of ether oxygens (including phenoxy) is 2. The highest BCUT2D eigenvalue weighted by Gasteiger charge is 2.27. The summed E-state index contributed by atoms with van der Waals surface area (Å²) in [6, 6.07) is 2.11. The van der Waals surface area contributed by atoms with Crippen molar-refractivity contribution in [2.75, 3.05) is 20.8 Å². The number of carbonyl (C=O) groups excluding carboxylic acids is 1. The third-order valence-corrected chi connectivity index (χ3v) is 6.76. The monoisotopic (exact) mass is 389 g/mol. The van der Waals surface area contributed by atoms with Crippen LogP contribution in [-0.4, -0.2) is 41.5 Å². The van der Waals surface area contributed by atoms with Crippen LogP contribution in [-0.2, 0) is 24.3 Å². The number of carbonyl (C=O) groups is 1. The lowest BCUT2D eigenvalue weighted by atomic mass is 10.1. The van der Waals surface area contributed by atoms with Gasteiger partial charge in [-0.1, -0.05) is 0 Å². The summed E-state index contributed by atoms with van der Waals surface area (Å²) in [6.45, 7) is 3.66. The number of aryl methyl sites for hydroxylation is 1. The Kier molecular flexibility index (Phi) is 4.64. The third kappa shape index (κ3) is 2.87. The Morgan fingerprint density at radius 3 is 2.96 bits per heavy atom. The molecule has 26 heavy (non-hydrogen) atoms. The van der Waals surface area contributed by atoms with Gasteiger partial charge in [-0.3, -0.25) is 4.79 Å². The quantitative estimate of drug-likeness (QED) is 0.684. The molecule has 0 saturated heterocycles. The summed E-state index contributed by atoms with van der Waals surface area (Å²) < 4.78 is 10.6. The van der Waals surface area contributed by atoms with Crippen molar-refractivity contribution in [2.45, 2.75) is 26.5 Å². The van der Waals surface area contributed by atoms with Gasteiger partial charge in [0.1, 0.15) is 11.4 Å². The molecule has 1 amide bonds. The topological polar surface area (TPSA) is 64.6 Å². The van der Waals surface area contributed by atoms with Gasteiger partial charge in [0.05, 0.1) is 17.4 Å². The Morgan fingerprint density at radius 2 is 2.19 bits per heavy atom. The molecule has 8 heteroatoms. The molecule has 0 bridgehead atoms. The fourth-order valence-electron chi connectivity index (χ4n) is 3.25. The number of methoxy groups -OCH3 is 2. The van der Waals surface area contributed by atoms with E-state index in [0.717, 1.165) is 28.7 Å². The van der Waals surface area contributed by atoms with Crippen LogP contribution in [0.3, 0.4) is 0 Å². The normalized spacial score (nSPS) is 13.9. The van der Waals surface area contributed by atoms with Crippen LogP contribution in [0.15, 0.2) is 11.4 Å². The van der Waals surface area contributed by atoms with Crippen LogP contribution < -0.4 is 4.74 Å². The Bertz CT molecular complexity index is 980. The van der Waals surface area contributed by atoms with E-state index in [2.05, 4.69) is 21.4 Å². The van der Waals surface area contributed by atoms with Gasteiger partial charge in [-0.05, 0) is 35.9 Å². The zero-order valence-corrected chi connectivity index (χ0v) is 16.5. The van der Waals surface area contributed by atoms with Crippen molar-refractivity contribution in [3.63, 3.8) is 0 Å². The first-order chi connectivity index (χ1) is 12.6. The second-order valence-electron chi connectivity index (χ2n) is 6.16. The van der Waals surface area contributed by atoms with Crippen LogP contribution in [0.1, 0.15) is 31.5 Å². The van der Waals surface area contributed by atoms with Gasteiger partial charge in [-0.2, -0.15) is 4.98 Å². The minimum atomic E-state index is 0.0534. The molecule has 0 atom stereocenters. The van der Waals surface area contributed by atoms with Gasteiger partial charge in [0.15, 0.2) is 5.82 Å². The van der Waals surface area contributed by atoms with Crippen LogP contribution in [0.25, 0.3) is 10.2 Å². The van der Waals surface area contributed by atoms with E-state index in [-0.39, 0.29) is 5.91 Å². The van der Waals surface area contributed by atoms with E-state index in [1.54, 1.807) is 25.6 Å². The van der Waals surface area contributed by atoms with Gasteiger partial charge in [-0.25, -0.2) is 4.98 Å². The zero-order chi connectivity index (χ0) is 18.3. The molecular weight excluding hydrogens is 370 g/mol. The first kappa shape index (κ1) is 17.4. The molecule has 0 N–H and O–H groups in total. The molecule has 4 heterocycles. The third-order valence-electron chi connectivity index (χ3n) is 4.56. The van der Waals surface area contributed by atoms with Crippen molar-refractivity contribution >= 4 is 38.8 Å². The molecule has 0 aromatic carbocycles. The van der Waals surface area contributed by atoms with Crippen molar-refractivity contribution in [1.29, 1.82) is 0 Å². The standard InChI is InChI=1S/C18H19N3O3S2/c1-10-14-16(24-3)19-13(9-23-2)20-17(14)26-15(10)18(22)21-6-4-12-11(8-21)5-7-25-12/h5,7H,4,6,8-9H2,1-3H3. The lowest BCUT2D eigenvalue weighted by molar-refractivity contribution is 0.0740. The average molecular weight is 390 g/mol. The van der Waals surface area contributed by atoms with Crippen molar-refractivity contribution in [3.05, 3.63) is 38.2 Å². The average Bonchev–Trinajstić information content (AvgIpc) is 3.24. The van der Waals surface area contributed by atoms with E-state index in [0.29, 0.717) is 29.7 Å². The van der Waals surface area contributed by atoms with E-state index in [1.165, 1.54) is 21.8 Å². The van der Waals surface area contributed by atoms with Crippen LogP contribution in [0, 0.1) is 6.92 Å². The molecule has 4 rings (SSSR count). The van der Waals surface area contributed by atoms with E-state index < -0.39 is 0 Å². The number of rotatable bonds is 4. The van der Waals surface area contributed by atoms with Crippen molar-refractivity contribution in [2.24, 2.45) is 0 Å².